The second-order valence-electron chi connectivity index (χ2n) is 6.15. The fraction of sp³-hybridized carbons (Fsp3) is 0.333. The van der Waals surface area contributed by atoms with E-state index < -0.39 is 5.97 Å². The van der Waals surface area contributed by atoms with Gasteiger partial charge in [-0.05, 0) is 37.0 Å². The van der Waals surface area contributed by atoms with Gasteiger partial charge in [0.15, 0.2) is 0 Å². The zero-order valence-electron chi connectivity index (χ0n) is 13.5. The first kappa shape index (κ1) is 16.6. The molecule has 24 heavy (non-hydrogen) atoms. The molecule has 2 atom stereocenters. The summed E-state index contributed by atoms with van der Waals surface area (Å²) in [6.07, 6.45) is 0.782. The Morgan fingerprint density at radius 1 is 1.38 bits per heavy atom. The summed E-state index contributed by atoms with van der Waals surface area (Å²) in [7, 11) is 1.70. The molecule has 0 saturated heterocycles. The van der Waals surface area contributed by atoms with Crippen LogP contribution < -0.4 is 0 Å². The third-order valence-electron chi connectivity index (χ3n) is 4.38. The molecule has 1 aromatic carbocycles. The average molecular weight is 348 g/mol. The molecular weight excluding hydrogens is 330 g/mol. The van der Waals surface area contributed by atoms with Crippen LogP contribution in [0.2, 0.25) is 5.02 Å². The van der Waals surface area contributed by atoms with Crippen molar-refractivity contribution in [1.82, 2.24) is 4.90 Å². The number of carboxylic acid groups (broad SMARTS) is 1. The maximum Gasteiger partial charge on any atom is 0.339 e. The van der Waals surface area contributed by atoms with Crippen LogP contribution in [0.3, 0.4) is 0 Å². The second-order valence-corrected chi connectivity index (χ2v) is 6.56. The third-order valence-corrected chi connectivity index (χ3v) is 4.72. The van der Waals surface area contributed by atoms with E-state index in [0.717, 1.165) is 12.0 Å². The van der Waals surface area contributed by atoms with Crippen LogP contribution in [0, 0.1) is 12.8 Å². The van der Waals surface area contributed by atoms with Crippen molar-refractivity contribution < 1.29 is 19.1 Å². The predicted octanol–water partition coefficient (Wildman–Crippen LogP) is 3.70. The second kappa shape index (κ2) is 6.32. The first-order chi connectivity index (χ1) is 11.4. The first-order valence-corrected chi connectivity index (χ1v) is 8.08. The summed E-state index contributed by atoms with van der Waals surface area (Å²) in [6, 6.07) is 9.05. The van der Waals surface area contributed by atoms with E-state index >= 15 is 0 Å². The van der Waals surface area contributed by atoms with Gasteiger partial charge in [0.2, 0.25) is 5.91 Å². The Kier molecular flexibility index (Phi) is 4.37. The van der Waals surface area contributed by atoms with Gasteiger partial charge < -0.3 is 14.4 Å². The fourth-order valence-electron chi connectivity index (χ4n) is 3.02. The van der Waals surface area contributed by atoms with Gasteiger partial charge in [-0.2, -0.15) is 0 Å². The van der Waals surface area contributed by atoms with Gasteiger partial charge in [0.25, 0.3) is 0 Å². The van der Waals surface area contributed by atoms with Gasteiger partial charge in [0.05, 0.1) is 6.54 Å². The van der Waals surface area contributed by atoms with E-state index in [0.29, 0.717) is 16.5 Å². The smallest absolute Gasteiger partial charge is 0.339 e. The molecular formula is C18H18ClNO4. The fourth-order valence-corrected chi connectivity index (χ4v) is 3.29. The van der Waals surface area contributed by atoms with E-state index in [1.54, 1.807) is 18.9 Å². The molecule has 0 spiro atoms. The van der Waals surface area contributed by atoms with Crippen LogP contribution in [0.5, 0.6) is 0 Å². The van der Waals surface area contributed by atoms with E-state index in [1.165, 1.54) is 6.07 Å². The van der Waals surface area contributed by atoms with Crippen molar-refractivity contribution in [3.8, 4) is 0 Å². The third kappa shape index (κ3) is 3.17. The van der Waals surface area contributed by atoms with Crippen LogP contribution in [-0.2, 0) is 11.3 Å². The van der Waals surface area contributed by atoms with Crippen molar-refractivity contribution in [2.75, 3.05) is 7.05 Å². The molecule has 1 fully saturated rings. The lowest BCUT2D eigenvalue weighted by Crippen LogP contribution is -2.27. The highest BCUT2D eigenvalue weighted by atomic mass is 35.5. The number of benzene rings is 1. The molecule has 0 radical (unpaired) electrons. The molecule has 1 N–H and O–H groups in total. The molecule has 0 unspecified atom stereocenters. The standard InChI is InChI=1S/C18H18ClNO4/c1-10-13(18(22)23)7-11(24-10)9-20(2)17(21)15-8-14(15)12-5-3-4-6-16(12)19/h3-7,14-15H,8-9H2,1-2H3,(H,22,23)/t14-,15-/m0/s1. The molecule has 0 aliphatic heterocycles. The summed E-state index contributed by atoms with van der Waals surface area (Å²) in [4.78, 5) is 25.2. The van der Waals surface area contributed by atoms with Crippen molar-refractivity contribution in [2.24, 2.45) is 5.92 Å². The lowest BCUT2D eigenvalue weighted by molar-refractivity contribution is -0.132. The molecule has 0 bridgehead atoms. The number of carboxylic acids is 1. The number of aryl methyl sites for hydroxylation is 1. The van der Waals surface area contributed by atoms with E-state index in [4.69, 9.17) is 21.1 Å². The number of rotatable bonds is 5. The predicted molar refractivity (Wildman–Crippen MR) is 89.2 cm³/mol. The number of nitrogens with zero attached hydrogens (tertiary/aromatic N) is 1. The number of aromatic carboxylic acids is 1. The van der Waals surface area contributed by atoms with Gasteiger partial charge in [-0.25, -0.2) is 4.79 Å². The van der Waals surface area contributed by atoms with Crippen molar-refractivity contribution >= 4 is 23.5 Å². The molecule has 1 aliphatic rings. The highest BCUT2D eigenvalue weighted by Gasteiger charge is 2.46. The van der Waals surface area contributed by atoms with Crippen LogP contribution in [0.15, 0.2) is 34.7 Å². The number of amides is 1. The van der Waals surface area contributed by atoms with E-state index in [9.17, 15) is 9.59 Å². The lowest BCUT2D eigenvalue weighted by Gasteiger charge is -2.16. The number of hydrogen-bond acceptors (Lipinski definition) is 3. The molecule has 2 aromatic rings. The Bertz CT molecular complexity index is 798. The van der Waals surface area contributed by atoms with Crippen molar-refractivity contribution in [3.63, 3.8) is 0 Å². The van der Waals surface area contributed by atoms with Crippen LogP contribution in [0.1, 0.15) is 39.8 Å². The van der Waals surface area contributed by atoms with Crippen LogP contribution in [0.25, 0.3) is 0 Å². The Morgan fingerprint density at radius 3 is 2.71 bits per heavy atom. The van der Waals surface area contributed by atoms with Crippen LogP contribution >= 0.6 is 11.6 Å². The zero-order valence-corrected chi connectivity index (χ0v) is 14.2. The average Bonchev–Trinajstić information content (AvgIpc) is 3.23. The highest BCUT2D eigenvalue weighted by Crippen LogP contribution is 2.50. The normalized spacial score (nSPS) is 19.1. The van der Waals surface area contributed by atoms with E-state index in [1.807, 2.05) is 24.3 Å². The molecule has 1 aliphatic carbocycles. The molecule has 1 aromatic heterocycles. The summed E-state index contributed by atoms with van der Waals surface area (Å²) in [5, 5.41) is 9.74. The topological polar surface area (TPSA) is 70.8 Å². The number of halogens is 1. The number of carbonyl (C=O) groups is 2. The summed E-state index contributed by atoms with van der Waals surface area (Å²) in [5.74, 6) is -0.121. The van der Waals surface area contributed by atoms with Crippen LogP contribution in [-0.4, -0.2) is 28.9 Å². The largest absolute Gasteiger partial charge is 0.478 e. The van der Waals surface area contributed by atoms with Crippen molar-refractivity contribution in [1.29, 1.82) is 0 Å². The SMILES string of the molecule is Cc1oc(CN(C)C(=O)[C@H]2C[C@H]2c2ccccc2Cl)cc1C(=O)O. The van der Waals surface area contributed by atoms with E-state index in [2.05, 4.69) is 0 Å². The minimum Gasteiger partial charge on any atom is -0.478 e. The van der Waals surface area contributed by atoms with E-state index in [-0.39, 0.29) is 29.9 Å². The quantitative estimate of drug-likeness (QED) is 0.895. The Morgan fingerprint density at radius 2 is 2.08 bits per heavy atom. The first-order valence-electron chi connectivity index (χ1n) is 7.70. The Hall–Kier alpha value is -2.27. The molecule has 3 rings (SSSR count). The lowest BCUT2D eigenvalue weighted by atomic mass is 10.1. The molecule has 126 valence electrons. The maximum atomic E-state index is 12.6. The maximum absolute atomic E-state index is 12.6. The number of hydrogen-bond donors (Lipinski definition) is 1. The highest BCUT2D eigenvalue weighted by molar-refractivity contribution is 6.31. The summed E-state index contributed by atoms with van der Waals surface area (Å²) >= 11 is 6.19. The zero-order chi connectivity index (χ0) is 17.4. The summed E-state index contributed by atoms with van der Waals surface area (Å²) in [5.41, 5.74) is 1.14. The number of carbonyl (C=O) groups excluding carboxylic acids is 1. The van der Waals surface area contributed by atoms with Gasteiger partial charge in [-0.1, -0.05) is 29.8 Å². The molecule has 5 nitrogen and oxygen atoms in total. The summed E-state index contributed by atoms with van der Waals surface area (Å²) in [6.45, 7) is 1.85. The van der Waals surface area contributed by atoms with Gasteiger partial charge in [-0.3, -0.25) is 4.79 Å². The molecule has 6 heteroatoms. The minimum absolute atomic E-state index is 0.0193. The Balaban J connectivity index is 1.65. The van der Waals surface area contributed by atoms with Gasteiger partial charge >= 0.3 is 5.97 Å². The minimum atomic E-state index is -1.03. The number of furan rings is 1. The molecule has 1 heterocycles. The van der Waals surface area contributed by atoms with Crippen LogP contribution in [0.4, 0.5) is 0 Å². The monoisotopic (exact) mass is 347 g/mol. The molecule has 1 saturated carbocycles. The Labute approximate surface area is 144 Å². The van der Waals surface area contributed by atoms with Crippen molar-refractivity contribution in [2.45, 2.75) is 25.8 Å². The van der Waals surface area contributed by atoms with Crippen molar-refractivity contribution in [3.05, 3.63) is 58.0 Å². The molecule has 1 amide bonds. The van der Waals surface area contributed by atoms with Gasteiger partial charge in [-0.15, -0.1) is 0 Å². The van der Waals surface area contributed by atoms with Gasteiger partial charge in [0, 0.05) is 18.0 Å². The summed E-state index contributed by atoms with van der Waals surface area (Å²) < 4.78 is 5.43. The van der Waals surface area contributed by atoms with Gasteiger partial charge in [0.1, 0.15) is 17.1 Å².